The summed E-state index contributed by atoms with van der Waals surface area (Å²) < 4.78 is 5.85. The standard InChI is InChI=1S/C13H12BrN3O2/c1-19-12-7-16-5-4-9(12)13(18)17-11-6-8(15)2-3-10(11)14/h2-7H,15H2,1H3,(H,17,18). The number of anilines is 2. The molecule has 0 saturated carbocycles. The number of nitrogen functional groups attached to an aromatic ring is 1. The zero-order valence-corrected chi connectivity index (χ0v) is 11.8. The Kier molecular flexibility index (Phi) is 4.01. The van der Waals surface area contributed by atoms with E-state index < -0.39 is 0 Å². The van der Waals surface area contributed by atoms with E-state index in [1.807, 2.05) is 0 Å². The molecule has 3 N–H and O–H groups in total. The SMILES string of the molecule is COc1cnccc1C(=O)Nc1cc(N)ccc1Br. The number of carbonyl (C=O) groups excluding carboxylic acids is 1. The van der Waals surface area contributed by atoms with Gasteiger partial charge in [-0.1, -0.05) is 0 Å². The summed E-state index contributed by atoms with van der Waals surface area (Å²) in [7, 11) is 1.49. The van der Waals surface area contributed by atoms with Gasteiger partial charge >= 0.3 is 0 Å². The summed E-state index contributed by atoms with van der Waals surface area (Å²) in [5.74, 6) is 0.130. The van der Waals surface area contributed by atoms with Crippen molar-refractivity contribution in [3.8, 4) is 5.75 Å². The maximum absolute atomic E-state index is 12.2. The molecular formula is C13H12BrN3O2. The molecule has 6 heteroatoms. The van der Waals surface area contributed by atoms with Crippen molar-refractivity contribution in [3.05, 3.63) is 46.7 Å². The number of pyridine rings is 1. The van der Waals surface area contributed by atoms with Gasteiger partial charge in [-0.3, -0.25) is 9.78 Å². The van der Waals surface area contributed by atoms with E-state index in [9.17, 15) is 4.79 Å². The number of nitrogens with one attached hydrogen (secondary N) is 1. The molecule has 0 aliphatic heterocycles. The number of nitrogens with two attached hydrogens (primary N) is 1. The van der Waals surface area contributed by atoms with E-state index in [2.05, 4.69) is 26.2 Å². The Morgan fingerprint density at radius 3 is 2.95 bits per heavy atom. The Balaban J connectivity index is 2.28. The van der Waals surface area contributed by atoms with Crippen molar-refractivity contribution in [2.75, 3.05) is 18.2 Å². The normalized spacial score (nSPS) is 10.0. The molecule has 0 aliphatic carbocycles. The third-order valence-corrected chi connectivity index (χ3v) is 3.18. The molecule has 5 nitrogen and oxygen atoms in total. The zero-order chi connectivity index (χ0) is 13.8. The van der Waals surface area contributed by atoms with E-state index in [1.165, 1.54) is 19.5 Å². The predicted molar refractivity (Wildman–Crippen MR) is 77.3 cm³/mol. The summed E-state index contributed by atoms with van der Waals surface area (Å²) in [6, 6.07) is 6.78. The van der Waals surface area contributed by atoms with Crippen molar-refractivity contribution in [1.29, 1.82) is 0 Å². The van der Waals surface area contributed by atoms with E-state index >= 15 is 0 Å². The second-order valence-electron chi connectivity index (χ2n) is 3.77. The lowest BCUT2D eigenvalue weighted by Gasteiger charge is -2.10. The van der Waals surface area contributed by atoms with Crippen LogP contribution in [-0.4, -0.2) is 18.0 Å². The fourth-order valence-corrected chi connectivity index (χ4v) is 1.90. The van der Waals surface area contributed by atoms with Gasteiger partial charge in [0, 0.05) is 16.4 Å². The number of benzene rings is 1. The van der Waals surface area contributed by atoms with Crippen LogP contribution in [0.2, 0.25) is 0 Å². The second-order valence-corrected chi connectivity index (χ2v) is 4.62. The van der Waals surface area contributed by atoms with Crippen LogP contribution >= 0.6 is 15.9 Å². The van der Waals surface area contributed by atoms with Crippen LogP contribution in [0.5, 0.6) is 5.75 Å². The fraction of sp³-hybridized carbons (Fsp3) is 0.0769. The van der Waals surface area contributed by atoms with Crippen LogP contribution in [0.15, 0.2) is 41.1 Å². The van der Waals surface area contributed by atoms with Gasteiger partial charge in [0.05, 0.1) is 24.6 Å². The topological polar surface area (TPSA) is 77.2 Å². The van der Waals surface area contributed by atoms with Crippen LogP contribution in [0, 0.1) is 0 Å². The van der Waals surface area contributed by atoms with Crippen molar-refractivity contribution in [1.82, 2.24) is 4.98 Å². The van der Waals surface area contributed by atoms with Gasteiger partial charge in [0.1, 0.15) is 5.75 Å². The third-order valence-electron chi connectivity index (χ3n) is 2.49. The highest BCUT2D eigenvalue weighted by atomic mass is 79.9. The molecule has 0 atom stereocenters. The second kappa shape index (κ2) is 5.71. The first kappa shape index (κ1) is 13.4. The average molecular weight is 322 g/mol. The molecule has 2 rings (SSSR count). The lowest BCUT2D eigenvalue weighted by molar-refractivity contribution is 0.102. The van der Waals surface area contributed by atoms with Crippen molar-refractivity contribution in [3.63, 3.8) is 0 Å². The first-order chi connectivity index (χ1) is 9.11. The first-order valence-corrected chi connectivity index (χ1v) is 6.25. The number of hydrogen-bond donors (Lipinski definition) is 2. The van der Waals surface area contributed by atoms with Crippen LogP contribution in [0.3, 0.4) is 0 Å². The molecule has 1 aromatic heterocycles. The minimum absolute atomic E-state index is 0.287. The highest BCUT2D eigenvalue weighted by Gasteiger charge is 2.13. The molecule has 0 unspecified atom stereocenters. The van der Waals surface area contributed by atoms with E-state index in [0.717, 1.165) is 4.47 Å². The lowest BCUT2D eigenvalue weighted by atomic mass is 10.2. The van der Waals surface area contributed by atoms with Gasteiger partial charge in [0.2, 0.25) is 0 Å². The predicted octanol–water partition coefficient (Wildman–Crippen LogP) is 2.69. The number of amides is 1. The highest BCUT2D eigenvalue weighted by molar-refractivity contribution is 9.10. The van der Waals surface area contributed by atoms with Crippen LogP contribution in [0.4, 0.5) is 11.4 Å². The largest absolute Gasteiger partial charge is 0.494 e. The van der Waals surface area contributed by atoms with Crippen LogP contribution in [0.1, 0.15) is 10.4 Å². The number of methoxy groups -OCH3 is 1. The van der Waals surface area contributed by atoms with Crippen molar-refractivity contribution < 1.29 is 9.53 Å². The number of halogens is 1. The average Bonchev–Trinajstić information content (AvgIpc) is 2.42. The molecule has 0 radical (unpaired) electrons. The number of aromatic nitrogens is 1. The minimum Gasteiger partial charge on any atom is -0.494 e. The van der Waals surface area contributed by atoms with Crippen LogP contribution in [-0.2, 0) is 0 Å². The summed E-state index contributed by atoms with van der Waals surface area (Å²) >= 11 is 3.35. The molecule has 0 spiro atoms. The molecule has 2 aromatic rings. The Morgan fingerprint density at radius 2 is 2.21 bits per heavy atom. The molecule has 0 aliphatic rings. The van der Waals surface area contributed by atoms with Crippen molar-refractivity contribution >= 4 is 33.2 Å². The minimum atomic E-state index is -0.287. The van der Waals surface area contributed by atoms with Crippen LogP contribution in [0.25, 0.3) is 0 Å². The van der Waals surface area contributed by atoms with E-state index in [1.54, 1.807) is 24.3 Å². The maximum Gasteiger partial charge on any atom is 0.259 e. The number of carbonyl (C=O) groups is 1. The van der Waals surface area contributed by atoms with Crippen molar-refractivity contribution in [2.24, 2.45) is 0 Å². The van der Waals surface area contributed by atoms with Gasteiger partial charge in [-0.15, -0.1) is 0 Å². The quantitative estimate of drug-likeness (QED) is 0.852. The highest BCUT2D eigenvalue weighted by Crippen LogP contribution is 2.26. The number of hydrogen-bond acceptors (Lipinski definition) is 4. The van der Waals surface area contributed by atoms with E-state index in [0.29, 0.717) is 22.7 Å². The third kappa shape index (κ3) is 3.03. The number of ether oxygens (including phenoxy) is 1. The van der Waals surface area contributed by atoms with Gasteiger partial charge in [-0.25, -0.2) is 0 Å². The van der Waals surface area contributed by atoms with Gasteiger partial charge in [0.15, 0.2) is 0 Å². The summed E-state index contributed by atoms with van der Waals surface area (Å²) in [6.07, 6.45) is 3.02. The first-order valence-electron chi connectivity index (χ1n) is 5.46. The van der Waals surface area contributed by atoms with Gasteiger partial charge < -0.3 is 15.8 Å². The Labute approximate surface area is 118 Å². The molecule has 0 saturated heterocycles. The monoisotopic (exact) mass is 321 g/mol. The molecule has 19 heavy (non-hydrogen) atoms. The van der Waals surface area contributed by atoms with Gasteiger partial charge in [0.25, 0.3) is 5.91 Å². The van der Waals surface area contributed by atoms with E-state index in [-0.39, 0.29) is 5.91 Å². The molecule has 1 amide bonds. The Bertz CT molecular complexity index is 617. The summed E-state index contributed by atoms with van der Waals surface area (Å²) in [4.78, 5) is 16.1. The number of nitrogens with zero attached hydrogens (tertiary/aromatic N) is 1. The number of rotatable bonds is 3. The zero-order valence-electron chi connectivity index (χ0n) is 10.2. The van der Waals surface area contributed by atoms with Gasteiger partial charge in [-0.2, -0.15) is 0 Å². The summed E-state index contributed by atoms with van der Waals surface area (Å²) in [5, 5.41) is 2.77. The Hall–Kier alpha value is -2.08. The van der Waals surface area contributed by atoms with Crippen LogP contribution < -0.4 is 15.8 Å². The van der Waals surface area contributed by atoms with Gasteiger partial charge in [-0.05, 0) is 40.2 Å². The Morgan fingerprint density at radius 1 is 1.42 bits per heavy atom. The molecular weight excluding hydrogens is 310 g/mol. The fourth-order valence-electron chi connectivity index (χ4n) is 1.56. The molecule has 98 valence electrons. The van der Waals surface area contributed by atoms with E-state index in [4.69, 9.17) is 10.5 Å². The smallest absolute Gasteiger partial charge is 0.259 e. The van der Waals surface area contributed by atoms with Crippen molar-refractivity contribution in [2.45, 2.75) is 0 Å². The summed E-state index contributed by atoms with van der Waals surface area (Å²) in [6.45, 7) is 0. The molecule has 0 fully saturated rings. The molecule has 0 bridgehead atoms. The molecule has 1 heterocycles. The molecule has 1 aromatic carbocycles. The lowest BCUT2D eigenvalue weighted by Crippen LogP contribution is -2.13. The summed E-state index contributed by atoms with van der Waals surface area (Å²) in [5.41, 5.74) is 7.27. The maximum atomic E-state index is 12.2.